The molecule has 0 heterocycles. The van der Waals surface area contributed by atoms with E-state index in [1.54, 1.807) is 26.8 Å². The highest BCUT2D eigenvalue weighted by atomic mass is 35.5. The molecular weight excluding hydrogens is 339 g/mol. The van der Waals surface area contributed by atoms with Gasteiger partial charge in [-0.25, -0.2) is 4.79 Å². The van der Waals surface area contributed by atoms with Crippen LogP contribution in [0.3, 0.4) is 0 Å². The first kappa shape index (κ1) is 19.6. The Morgan fingerprint density at radius 3 is 2.48 bits per heavy atom. The van der Waals surface area contributed by atoms with Crippen LogP contribution in [-0.4, -0.2) is 30.7 Å². The van der Waals surface area contributed by atoms with Gasteiger partial charge in [0.2, 0.25) is 5.91 Å². The zero-order valence-electron chi connectivity index (χ0n) is 13.5. The van der Waals surface area contributed by atoms with Crippen LogP contribution in [0, 0.1) is 0 Å². The molecule has 0 aliphatic rings. The van der Waals surface area contributed by atoms with Gasteiger partial charge >= 0.3 is 6.09 Å². The van der Waals surface area contributed by atoms with E-state index < -0.39 is 11.7 Å². The molecule has 2 amide bonds. The van der Waals surface area contributed by atoms with E-state index in [4.69, 9.17) is 27.9 Å². The summed E-state index contributed by atoms with van der Waals surface area (Å²) in [5.41, 5.74) is 0.328. The molecule has 0 atom stereocenters. The van der Waals surface area contributed by atoms with Crippen LogP contribution in [0.15, 0.2) is 18.2 Å². The molecule has 0 radical (unpaired) electrons. The molecule has 0 spiro atoms. The van der Waals surface area contributed by atoms with E-state index >= 15 is 0 Å². The van der Waals surface area contributed by atoms with E-state index in [0.717, 1.165) is 5.56 Å². The fourth-order valence-corrected chi connectivity index (χ4v) is 2.17. The van der Waals surface area contributed by atoms with Gasteiger partial charge in [0.1, 0.15) is 5.60 Å². The topological polar surface area (TPSA) is 67.4 Å². The second kappa shape index (κ2) is 8.99. The smallest absolute Gasteiger partial charge is 0.407 e. The lowest BCUT2D eigenvalue weighted by molar-refractivity contribution is -0.120. The molecule has 0 fully saturated rings. The standard InChI is InChI=1S/C16H22Cl2N2O3/c1-16(2,3)23-15(22)20-10-8-13(21)19-9-7-11-5-4-6-12(17)14(11)18/h4-6H,7-10H2,1-3H3,(H,19,21)(H,20,22). The Hall–Kier alpha value is -1.46. The Bertz CT molecular complexity index is 557. The quantitative estimate of drug-likeness (QED) is 0.814. The summed E-state index contributed by atoms with van der Waals surface area (Å²) in [6.07, 6.45) is 0.240. The number of halogens is 2. The molecule has 0 aliphatic carbocycles. The lowest BCUT2D eigenvalue weighted by Crippen LogP contribution is -2.35. The van der Waals surface area contributed by atoms with E-state index in [0.29, 0.717) is 23.0 Å². The number of amides is 2. The number of ether oxygens (including phenoxy) is 1. The number of hydrogen-bond acceptors (Lipinski definition) is 3. The van der Waals surface area contributed by atoms with Crippen molar-refractivity contribution in [2.24, 2.45) is 0 Å². The Kier molecular flexibility index (Phi) is 7.65. The van der Waals surface area contributed by atoms with Crippen molar-refractivity contribution < 1.29 is 14.3 Å². The van der Waals surface area contributed by atoms with Gasteiger partial charge in [-0.1, -0.05) is 35.3 Å². The lowest BCUT2D eigenvalue weighted by atomic mass is 10.1. The summed E-state index contributed by atoms with van der Waals surface area (Å²) < 4.78 is 5.07. The van der Waals surface area contributed by atoms with Crippen LogP contribution in [0.5, 0.6) is 0 Å². The SMILES string of the molecule is CC(C)(C)OC(=O)NCCC(=O)NCCc1cccc(Cl)c1Cl. The molecule has 2 N–H and O–H groups in total. The molecule has 1 rings (SSSR count). The first-order chi connectivity index (χ1) is 10.7. The van der Waals surface area contributed by atoms with Crippen molar-refractivity contribution in [3.05, 3.63) is 33.8 Å². The van der Waals surface area contributed by atoms with Gasteiger partial charge in [-0.2, -0.15) is 0 Å². The van der Waals surface area contributed by atoms with Crippen molar-refractivity contribution in [1.82, 2.24) is 10.6 Å². The molecule has 0 aliphatic heterocycles. The van der Waals surface area contributed by atoms with Crippen LogP contribution >= 0.6 is 23.2 Å². The molecule has 0 saturated carbocycles. The second-order valence-corrected chi connectivity index (χ2v) is 6.78. The van der Waals surface area contributed by atoms with Gasteiger partial charge in [0.25, 0.3) is 0 Å². The van der Waals surface area contributed by atoms with Gasteiger partial charge in [-0.3, -0.25) is 4.79 Å². The number of alkyl carbamates (subject to hydrolysis) is 1. The first-order valence-electron chi connectivity index (χ1n) is 7.35. The third kappa shape index (κ3) is 8.09. The summed E-state index contributed by atoms with van der Waals surface area (Å²) in [4.78, 5) is 23.1. The number of carbonyl (C=O) groups excluding carboxylic acids is 2. The van der Waals surface area contributed by atoms with Crippen LogP contribution in [0.2, 0.25) is 10.0 Å². The summed E-state index contributed by atoms with van der Waals surface area (Å²) in [5, 5.41) is 6.31. The molecule has 128 valence electrons. The van der Waals surface area contributed by atoms with Crippen molar-refractivity contribution in [2.75, 3.05) is 13.1 Å². The van der Waals surface area contributed by atoms with Crippen LogP contribution in [0.1, 0.15) is 32.8 Å². The van der Waals surface area contributed by atoms with E-state index in [1.807, 2.05) is 12.1 Å². The maximum atomic E-state index is 11.7. The Morgan fingerprint density at radius 2 is 1.83 bits per heavy atom. The van der Waals surface area contributed by atoms with E-state index in [2.05, 4.69) is 10.6 Å². The van der Waals surface area contributed by atoms with Crippen LogP contribution in [0.4, 0.5) is 4.79 Å². The van der Waals surface area contributed by atoms with Crippen LogP contribution in [-0.2, 0) is 16.0 Å². The highest BCUT2D eigenvalue weighted by molar-refractivity contribution is 6.42. The second-order valence-electron chi connectivity index (χ2n) is 5.99. The molecule has 0 unspecified atom stereocenters. The highest BCUT2D eigenvalue weighted by Crippen LogP contribution is 2.25. The van der Waals surface area contributed by atoms with Gasteiger partial charge in [0, 0.05) is 19.5 Å². The van der Waals surface area contributed by atoms with E-state index in [1.165, 1.54) is 0 Å². The normalized spacial score (nSPS) is 11.0. The molecule has 0 aromatic heterocycles. The minimum absolute atomic E-state index is 0.154. The molecule has 0 bridgehead atoms. The maximum absolute atomic E-state index is 11.7. The molecule has 1 aromatic carbocycles. The highest BCUT2D eigenvalue weighted by Gasteiger charge is 2.15. The number of carbonyl (C=O) groups is 2. The largest absolute Gasteiger partial charge is 0.444 e. The molecule has 1 aromatic rings. The third-order valence-electron chi connectivity index (χ3n) is 2.77. The summed E-state index contributed by atoms with van der Waals surface area (Å²) in [5.74, 6) is -0.154. The summed E-state index contributed by atoms with van der Waals surface area (Å²) in [6, 6.07) is 5.40. The first-order valence-corrected chi connectivity index (χ1v) is 8.11. The zero-order chi connectivity index (χ0) is 17.5. The molecule has 23 heavy (non-hydrogen) atoms. The Morgan fingerprint density at radius 1 is 1.13 bits per heavy atom. The van der Waals surface area contributed by atoms with Gasteiger partial charge in [-0.05, 0) is 38.8 Å². The van der Waals surface area contributed by atoms with Crippen molar-refractivity contribution in [2.45, 2.75) is 39.2 Å². The average Bonchev–Trinajstić information content (AvgIpc) is 2.41. The van der Waals surface area contributed by atoms with E-state index in [9.17, 15) is 9.59 Å². The Labute approximate surface area is 146 Å². The lowest BCUT2D eigenvalue weighted by Gasteiger charge is -2.19. The van der Waals surface area contributed by atoms with Gasteiger partial charge in [-0.15, -0.1) is 0 Å². The summed E-state index contributed by atoms with van der Waals surface area (Å²) >= 11 is 12.0. The number of nitrogens with one attached hydrogen (secondary N) is 2. The van der Waals surface area contributed by atoms with Gasteiger partial charge in [0.05, 0.1) is 10.0 Å². The number of rotatable bonds is 6. The molecular formula is C16H22Cl2N2O3. The van der Waals surface area contributed by atoms with Gasteiger partial charge < -0.3 is 15.4 Å². The third-order valence-corrected chi connectivity index (χ3v) is 3.63. The predicted octanol–water partition coefficient (Wildman–Crippen LogP) is 3.57. The molecule has 7 heteroatoms. The zero-order valence-corrected chi connectivity index (χ0v) is 15.1. The van der Waals surface area contributed by atoms with Crippen molar-refractivity contribution in [3.63, 3.8) is 0 Å². The predicted molar refractivity (Wildman–Crippen MR) is 92.0 cm³/mol. The number of hydrogen-bond donors (Lipinski definition) is 2. The van der Waals surface area contributed by atoms with Crippen LogP contribution < -0.4 is 10.6 Å². The monoisotopic (exact) mass is 360 g/mol. The minimum Gasteiger partial charge on any atom is -0.444 e. The summed E-state index contributed by atoms with van der Waals surface area (Å²) in [7, 11) is 0. The minimum atomic E-state index is -0.553. The Balaban J connectivity index is 2.22. The molecule has 5 nitrogen and oxygen atoms in total. The molecule has 0 saturated heterocycles. The van der Waals surface area contributed by atoms with Crippen molar-refractivity contribution in [3.8, 4) is 0 Å². The number of benzene rings is 1. The van der Waals surface area contributed by atoms with Crippen molar-refractivity contribution in [1.29, 1.82) is 0 Å². The summed E-state index contributed by atoms with van der Waals surface area (Å²) in [6.45, 7) is 6.00. The average molecular weight is 361 g/mol. The van der Waals surface area contributed by atoms with Crippen molar-refractivity contribution >= 4 is 35.2 Å². The van der Waals surface area contributed by atoms with Gasteiger partial charge in [0.15, 0.2) is 0 Å². The maximum Gasteiger partial charge on any atom is 0.407 e. The fraction of sp³-hybridized carbons (Fsp3) is 0.500. The van der Waals surface area contributed by atoms with Crippen LogP contribution in [0.25, 0.3) is 0 Å². The fourth-order valence-electron chi connectivity index (χ4n) is 1.76. The van der Waals surface area contributed by atoms with E-state index in [-0.39, 0.29) is 18.9 Å².